The first kappa shape index (κ1) is 18.9. The summed E-state index contributed by atoms with van der Waals surface area (Å²) in [5.41, 5.74) is 1.99. The highest BCUT2D eigenvalue weighted by Gasteiger charge is 2.07. The van der Waals surface area contributed by atoms with Gasteiger partial charge in [0.2, 0.25) is 5.89 Å². The number of hydrogen-bond donors (Lipinski definition) is 2. The number of aromatic nitrogens is 1. The third kappa shape index (κ3) is 6.19. The van der Waals surface area contributed by atoms with E-state index in [9.17, 15) is 4.39 Å². The fourth-order valence-corrected chi connectivity index (χ4v) is 2.34. The molecule has 0 aliphatic carbocycles. The van der Waals surface area contributed by atoms with Gasteiger partial charge in [-0.1, -0.05) is 12.1 Å². The number of likely N-dealkylation sites (N-methyl/N-ethyl adjacent to an activating group) is 1. The fraction of sp³-hybridized carbons (Fsp3) is 0.444. The summed E-state index contributed by atoms with van der Waals surface area (Å²) in [5.74, 6) is 1.97. The fourth-order valence-electron chi connectivity index (χ4n) is 2.34. The third-order valence-electron chi connectivity index (χ3n) is 3.86. The third-order valence-corrected chi connectivity index (χ3v) is 3.86. The Bertz CT molecular complexity index is 676. The number of aliphatic imine (C=N–C) groups is 1. The highest BCUT2D eigenvalue weighted by Crippen LogP contribution is 2.07. The van der Waals surface area contributed by atoms with Gasteiger partial charge >= 0.3 is 0 Å². The van der Waals surface area contributed by atoms with Crippen LogP contribution in [0.5, 0.6) is 0 Å². The Kier molecular flexibility index (Phi) is 6.94. The van der Waals surface area contributed by atoms with E-state index < -0.39 is 0 Å². The summed E-state index contributed by atoms with van der Waals surface area (Å²) in [6.45, 7) is 6.64. The number of nitrogens with zero attached hydrogens (tertiary/aromatic N) is 3. The average molecular weight is 347 g/mol. The summed E-state index contributed by atoms with van der Waals surface area (Å²) < 4.78 is 18.5. The topological polar surface area (TPSA) is 65.7 Å². The Morgan fingerprint density at radius 2 is 1.96 bits per heavy atom. The van der Waals surface area contributed by atoms with Gasteiger partial charge in [0.1, 0.15) is 11.6 Å². The van der Waals surface area contributed by atoms with E-state index in [1.807, 2.05) is 20.9 Å². The monoisotopic (exact) mass is 347 g/mol. The highest BCUT2D eigenvalue weighted by atomic mass is 19.1. The molecule has 0 saturated carbocycles. The van der Waals surface area contributed by atoms with E-state index in [0.29, 0.717) is 18.4 Å². The maximum absolute atomic E-state index is 12.9. The van der Waals surface area contributed by atoms with Crippen molar-refractivity contribution in [3.8, 4) is 0 Å². The number of nitrogens with one attached hydrogen (secondary N) is 2. The largest absolute Gasteiger partial charge is 0.444 e. The Labute approximate surface area is 148 Å². The Morgan fingerprint density at radius 3 is 2.56 bits per heavy atom. The molecule has 2 N–H and O–H groups in total. The van der Waals surface area contributed by atoms with Crippen LogP contribution < -0.4 is 10.6 Å². The van der Waals surface area contributed by atoms with Crippen molar-refractivity contribution in [3.05, 3.63) is 53.0 Å². The van der Waals surface area contributed by atoms with Crippen LogP contribution in [-0.2, 0) is 13.1 Å². The molecule has 0 fully saturated rings. The zero-order valence-electron chi connectivity index (χ0n) is 15.3. The summed E-state index contributed by atoms with van der Waals surface area (Å²) in [7, 11) is 3.75. The second-order valence-corrected chi connectivity index (χ2v) is 5.97. The molecule has 0 unspecified atom stereocenters. The standard InChI is InChI=1S/C18H26FN5O/c1-13-14(2)25-17(23-13)11-22-18(20-3)21-9-10-24(4)12-15-5-7-16(19)8-6-15/h5-8H,9-12H2,1-4H3,(H2,20,21,22). The molecule has 1 heterocycles. The van der Waals surface area contributed by atoms with E-state index in [-0.39, 0.29) is 5.82 Å². The lowest BCUT2D eigenvalue weighted by molar-refractivity contribution is 0.331. The molecule has 0 spiro atoms. The molecule has 136 valence electrons. The van der Waals surface area contributed by atoms with Gasteiger partial charge in [0.15, 0.2) is 5.96 Å². The van der Waals surface area contributed by atoms with Gasteiger partial charge in [0, 0.05) is 26.7 Å². The maximum atomic E-state index is 12.9. The van der Waals surface area contributed by atoms with E-state index in [4.69, 9.17) is 4.42 Å². The molecule has 0 radical (unpaired) electrons. The van der Waals surface area contributed by atoms with Gasteiger partial charge in [-0.3, -0.25) is 4.99 Å². The van der Waals surface area contributed by atoms with Gasteiger partial charge in [0.25, 0.3) is 0 Å². The second-order valence-electron chi connectivity index (χ2n) is 5.97. The van der Waals surface area contributed by atoms with Crippen molar-refractivity contribution in [3.63, 3.8) is 0 Å². The van der Waals surface area contributed by atoms with Gasteiger partial charge in [-0.15, -0.1) is 0 Å². The van der Waals surface area contributed by atoms with Crippen molar-refractivity contribution in [2.45, 2.75) is 26.9 Å². The van der Waals surface area contributed by atoms with Crippen LogP contribution in [0.2, 0.25) is 0 Å². The molecule has 6 nitrogen and oxygen atoms in total. The predicted octanol–water partition coefficient (Wildman–Crippen LogP) is 2.23. The summed E-state index contributed by atoms with van der Waals surface area (Å²) in [6, 6.07) is 6.58. The Morgan fingerprint density at radius 1 is 1.24 bits per heavy atom. The molecule has 2 aromatic rings. The van der Waals surface area contributed by atoms with Crippen molar-refractivity contribution in [1.82, 2.24) is 20.5 Å². The quantitative estimate of drug-likeness (QED) is 0.594. The molecule has 0 saturated heterocycles. The molecule has 0 atom stereocenters. The van der Waals surface area contributed by atoms with Crippen LogP contribution in [0.3, 0.4) is 0 Å². The number of oxazole rings is 1. The molecule has 0 amide bonds. The molecule has 1 aromatic carbocycles. The van der Waals surface area contributed by atoms with Gasteiger partial charge in [0.05, 0.1) is 12.2 Å². The molecule has 1 aromatic heterocycles. The number of aryl methyl sites for hydroxylation is 2. The van der Waals surface area contributed by atoms with Crippen molar-refractivity contribution < 1.29 is 8.81 Å². The van der Waals surface area contributed by atoms with Gasteiger partial charge < -0.3 is 20.0 Å². The van der Waals surface area contributed by atoms with E-state index in [2.05, 4.69) is 25.5 Å². The van der Waals surface area contributed by atoms with Crippen LogP contribution in [0.4, 0.5) is 4.39 Å². The van der Waals surface area contributed by atoms with Crippen molar-refractivity contribution in [1.29, 1.82) is 0 Å². The maximum Gasteiger partial charge on any atom is 0.214 e. The Balaban J connectivity index is 1.70. The number of halogens is 1. The first-order valence-electron chi connectivity index (χ1n) is 8.28. The van der Waals surface area contributed by atoms with Crippen molar-refractivity contribution >= 4 is 5.96 Å². The molecule has 0 aliphatic rings. The first-order valence-corrected chi connectivity index (χ1v) is 8.28. The molecular formula is C18H26FN5O. The summed E-state index contributed by atoms with van der Waals surface area (Å²) in [6.07, 6.45) is 0. The number of guanidine groups is 1. The van der Waals surface area contributed by atoms with Crippen LogP contribution in [-0.4, -0.2) is 43.0 Å². The van der Waals surface area contributed by atoms with Gasteiger partial charge in [-0.2, -0.15) is 0 Å². The summed E-state index contributed by atoms with van der Waals surface area (Å²) in [4.78, 5) is 10.7. The number of rotatable bonds is 7. The van der Waals surface area contributed by atoms with E-state index in [1.165, 1.54) is 12.1 Å². The van der Waals surface area contributed by atoms with Crippen LogP contribution in [0.25, 0.3) is 0 Å². The predicted molar refractivity (Wildman–Crippen MR) is 96.9 cm³/mol. The minimum atomic E-state index is -0.209. The van der Waals surface area contributed by atoms with Crippen LogP contribution >= 0.6 is 0 Å². The molecular weight excluding hydrogens is 321 g/mol. The van der Waals surface area contributed by atoms with Crippen molar-refractivity contribution in [2.24, 2.45) is 4.99 Å². The molecule has 0 aliphatic heterocycles. The van der Waals surface area contributed by atoms with Crippen LogP contribution in [0.15, 0.2) is 33.7 Å². The lowest BCUT2D eigenvalue weighted by Gasteiger charge is -2.18. The average Bonchev–Trinajstić information content (AvgIpc) is 2.91. The SMILES string of the molecule is CN=C(NCCN(C)Cc1ccc(F)cc1)NCc1nc(C)c(C)o1. The minimum Gasteiger partial charge on any atom is -0.444 e. The van der Waals surface area contributed by atoms with E-state index in [1.54, 1.807) is 19.2 Å². The molecule has 7 heteroatoms. The molecule has 0 bridgehead atoms. The van der Waals surface area contributed by atoms with E-state index in [0.717, 1.165) is 36.7 Å². The Hall–Kier alpha value is -2.41. The lowest BCUT2D eigenvalue weighted by atomic mass is 10.2. The number of hydrogen-bond acceptors (Lipinski definition) is 4. The van der Waals surface area contributed by atoms with Crippen molar-refractivity contribution in [2.75, 3.05) is 27.2 Å². The summed E-state index contributed by atoms with van der Waals surface area (Å²) in [5, 5.41) is 6.43. The first-order chi connectivity index (χ1) is 12.0. The molecule has 25 heavy (non-hydrogen) atoms. The normalized spacial score (nSPS) is 11.8. The van der Waals surface area contributed by atoms with Crippen LogP contribution in [0, 0.1) is 19.7 Å². The van der Waals surface area contributed by atoms with Crippen LogP contribution in [0.1, 0.15) is 22.9 Å². The zero-order chi connectivity index (χ0) is 18.2. The highest BCUT2D eigenvalue weighted by molar-refractivity contribution is 5.79. The molecule has 2 rings (SSSR count). The second kappa shape index (κ2) is 9.17. The summed E-state index contributed by atoms with van der Waals surface area (Å²) >= 11 is 0. The van der Waals surface area contributed by atoms with Gasteiger partial charge in [-0.05, 0) is 38.6 Å². The zero-order valence-corrected chi connectivity index (χ0v) is 15.3. The van der Waals surface area contributed by atoms with E-state index >= 15 is 0 Å². The number of benzene rings is 1. The lowest BCUT2D eigenvalue weighted by Crippen LogP contribution is -2.40. The smallest absolute Gasteiger partial charge is 0.214 e. The van der Waals surface area contributed by atoms with Gasteiger partial charge in [-0.25, -0.2) is 9.37 Å². The minimum absolute atomic E-state index is 0.209.